The lowest BCUT2D eigenvalue weighted by Crippen LogP contribution is -2.17. The second-order valence-corrected chi connectivity index (χ2v) is 7.21. The van der Waals surface area contributed by atoms with Gasteiger partial charge in [0.2, 0.25) is 5.91 Å². The smallest absolute Gasteiger partial charge is 0.326 e. The van der Waals surface area contributed by atoms with Crippen LogP contribution in [0.15, 0.2) is 42.5 Å². The van der Waals surface area contributed by atoms with Crippen LogP contribution in [-0.2, 0) is 11.0 Å². The Labute approximate surface area is 181 Å². The molecule has 10 heteroatoms. The van der Waals surface area contributed by atoms with Crippen molar-refractivity contribution in [2.45, 2.75) is 26.9 Å². The predicted molar refractivity (Wildman–Crippen MR) is 112 cm³/mol. The Morgan fingerprint density at radius 1 is 1.03 bits per heavy atom. The number of aromatic nitrogens is 2. The number of rotatable bonds is 4. The molecule has 0 aliphatic rings. The Kier molecular flexibility index (Phi) is 6.08. The third-order valence-corrected chi connectivity index (χ3v) is 5.02. The molecule has 1 heterocycles. The van der Waals surface area contributed by atoms with Crippen molar-refractivity contribution in [3.8, 4) is 5.69 Å². The van der Waals surface area contributed by atoms with E-state index >= 15 is 0 Å². The minimum absolute atomic E-state index is 0.0225. The largest absolute Gasteiger partial charge is 0.418 e. The molecule has 2 amide bonds. The fourth-order valence-electron chi connectivity index (χ4n) is 2.99. The molecule has 0 radical (unpaired) electrons. The molecule has 162 valence electrons. The highest BCUT2D eigenvalue weighted by atomic mass is 35.5. The molecule has 3 rings (SSSR count). The van der Waals surface area contributed by atoms with Crippen LogP contribution >= 0.6 is 11.6 Å². The zero-order valence-electron chi connectivity index (χ0n) is 16.8. The number of alkyl halides is 3. The molecule has 0 aliphatic heterocycles. The van der Waals surface area contributed by atoms with Crippen molar-refractivity contribution in [3.05, 3.63) is 70.0 Å². The number of carbonyl (C=O) groups is 2. The van der Waals surface area contributed by atoms with Crippen molar-refractivity contribution >= 4 is 34.8 Å². The number of amides is 2. The van der Waals surface area contributed by atoms with Crippen molar-refractivity contribution in [1.82, 2.24) is 9.78 Å². The summed E-state index contributed by atoms with van der Waals surface area (Å²) in [6.07, 6.45) is -4.73. The van der Waals surface area contributed by atoms with E-state index in [9.17, 15) is 22.8 Å². The normalized spacial score (nSPS) is 11.3. The van der Waals surface area contributed by atoms with Crippen molar-refractivity contribution < 1.29 is 22.8 Å². The molecule has 0 bridgehead atoms. The topological polar surface area (TPSA) is 76.0 Å². The Hall–Kier alpha value is -3.33. The fourth-order valence-corrected chi connectivity index (χ4v) is 3.11. The van der Waals surface area contributed by atoms with Crippen LogP contribution in [0.25, 0.3) is 5.69 Å². The van der Waals surface area contributed by atoms with Gasteiger partial charge in [-0.15, -0.1) is 0 Å². The van der Waals surface area contributed by atoms with Crippen molar-refractivity contribution in [3.63, 3.8) is 0 Å². The highest BCUT2D eigenvalue weighted by molar-refractivity contribution is 6.31. The Bertz CT molecular complexity index is 1150. The van der Waals surface area contributed by atoms with Crippen molar-refractivity contribution in [2.75, 3.05) is 10.6 Å². The summed E-state index contributed by atoms with van der Waals surface area (Å²) in [5, 5.41) is 9.43. The van der Waals surface area contributed by atoms with Crippen molar-refractivity contribution in [1.29, 1.82) is 0 Å². The number of benzene rings is 2. The standard InChI is InChI=1S/C21H18ClF3N4O2/c1-11-19(22)12(2)29(28-11)16-7-4-14(5-8-16)20(31)27-18-9-6-15(26-13(3)30)10-17(18)21(23,24)25/h4-10H,1-3H3,(H,26,30)(H,27,31). The van der Waals surface area contributed by atoms with Crippen LogP contribution in [-0.4, -0.2) is 21.6 Å². The van der Waals surface area contributed by atoms with E-state index in [1.807, 2.05) is 0 Å². The molecule has 3 aromatic rings. The summed E-state index contributed by atoms with van der Waals surface area (Å²) in [5.41, 5.74) is 0.691. The van der Waals surface area contributed by atoms with Crippen LogP contribution in [0.4, 0.5) is 24.5 Å². The second-order valence-electron chi connectivity index (χ2n) is 6.84. The number of hydrogen-bond acceptors (Lipinski definition) is 3. The maximum absolute atomic E-state index is 13.4. The van der Waals surface area contributed by atoms with E-state index in [2.05, 4.69) is 15.7 Å². The second kappa shape index (κ2) is 8.43. The van der Waals surface area contributed by atoms with Gasteiger partial charge in [-0.25, -0.2) is 4.68 Å². The molecule has 31 heavy (non-hydrogen) atoms. The molecule has 0 unspecified atom stereocenters. The van der Waals surface area contributed by atoms with Gasteiger partial charge in [-0.3, -0.25) is 9.59 Å². The van der Waals surface area contributed by atoms with Crippen molar-refractivity contribution in [2.24, 2.45) is 0 Å². The minimum atomic E-state index is -4.73. The van der Waals surface area contributed by atoms with Gasteiger partial charge in [0.25, 0.3) is 5.91 Å². The Balaban J connectivity index is 1.86. The number of nitrogens with one attached hydrogen (secondary N) is 2. The number of aryl methyl sites for hydroxylation is 1. The number of anilines is 2. The molecular weight excluding hydrogens is 433 g/mol. The molecule has 2 aromatic carbocycles. The summed E-state index contributed by atoms with van der Waals surface area (Å²) >= 11 is 6.15. The number of carbonyl (C=O) groups excluding carboxylic acids is 2. The highest BCUT2D eigenvalue weighted by Crippen LogP contribution is 2.37. The van der Waals surface area contributed by atoms with Crippen LogP contribution in [0.5, 0.6) is 0 Å². The fraction of sp³-hybridized carbons (Fsp3) is 0.190. The van der Waals surface area contributed by atoms with Crippen LogP contribution in [0.1, 0.15) is 34.2 Å². The van der Waals surface area contributed by atoms with Crippen LogP contribution in [0.2, 0.25) is 5.02 Å². The average molecular weight is 451 g/mol. The third-order valence-electron chi connectivity index (χ3n) is 4.47. The molecule has 0 atom stereocenters. The molecule has 0 saturated carbocycles. The van der Waals surface area contributed by atoms with Gasteiger partial charge in [0, 0.05) is 18.2 Å². The van der Waals surface area contributed by atoms with Gasteiger partial charge < -0.3 is 10.6 Å². The molecular formula is C21H18ClF3N4O2. The predicted octanol–water partition coefficient (Wildman–Crippen LogP) is 5.37. The minimum Gasteiger partial charge on any atom is -0.326 e. The van der Waals surface area contributed by atoms with Crippen LogP contribution < -0.4 is 10.6 Å². The summed E-state index contributed by atoms with van der Waals surface area (Å²) in [5.74, 6) is -1.22. The van der Waals surface area contributed by atoms with Crippen LogP contribution in [0.3, 0.4) is 0 Å². The molecule has 0 saturated heterocycles. The first-order valence-electron chi connectivity index (χ1n) is 9.09. The van der Waals surface area contributed by atoms with E-state index in [0.717, 1.165) is 17.8 Å². The first-order valence-corrected chi connectivity index (χ1v) is 9.47. The summed E-state index contributed by atoms with van der Waals surface area (Å²) in [6, 6.07) is 9.35. The molecule has 6 nitrogen and oxygen atoms in total. The number of halogens is 4. The first-order chi connectivity index (χ1) is 14.5. The molecule has 0 fully saturated rings. The van der Waals surface area contributed by atoms with Gasteiger partial charge >= 0.3 is 6.18 Å². The summed E-state index contributed by atoms with van der Waals surface area (Å²) < 4.78 is 42.0. The lowest BCUT2D eigenvalue weighted by molar-refractivity contribution is -0.137. The number of nitrogens with zero attached hydrogens (tertiary/aromatic N) is 2. The van der Waals surface area contributed by atoms with E-state index in [1.165, 1.54) is 25.1 Å². The lowest BCUT2D eigenvalue weighted by atomic mass is 10.1. The summed E-state index contributed by atoms with van der Waals surface area (Å²) in [6.45, 7) is 4.75. The Morgan fingerprint density at radius 3 is 2.19 bits per heavy atom. The van der Waals surface area contributed by atoms with Crippen LogP contribution in [0, 0.1) is 13.8 Å². The zero-order valence-corrected chi connectivity index (χ0v) is 17.5. The highest BCUT2D eigenvalue weighted by Gasteiger charge is 2.34. The van der Waals surface area contributed by atoms with E-state index in [1.54, 1.807) is 30.7 Å². The monoisotopic (exact) mass is 450 g/mol. The molecule has 0 aliphatic carbocycles. The average Bonchev–Trinajstić information content (AvgIpc) is 2.95. The maximum atomic E-state index is 13.4. The van der Waals surface area contributed by atoms with Gasteiger partial charge in [-0.1, -0.05) is 11.6 Å². The van der Waals surface area contributed by atoms with Gasteiger partial charge in [0.05, 0.1) is 33.3 Å². The number of hydrogen-bond donors (Lipinski definition) is 2. The third kappa shape index (κ3) is 4.88. The van der Waals surface area contributed by atoms with Gasteiger partial charge in [-0.05, 0) is 56.3 Å². The lowest BCUT2D eigenvalue weighted by Gasteiger charge is -2.16. The van der Waals surface area contributed by atoms with Gasteiger partial charge in [0.15, 0.2) is 0 Å². The molecule has 2 N–H and O–H groups in total. The van der Waals surface area contributed by atoms with E-state index < -0.39 is 29.2 Å². The quantitative estimate of drug-likeness (QED) is 0.561. The summed E-state index contributed by atoms with van der Waals surface area (Å²) in [7, 11) is 0. The molecule has 0 spiro atoms. The Morgan fingerprint density at radius 2 is 1.68 bits per heavy atom. The van der Waals surface area contributed by atoms with E-state index in [4.69, 9.17) is 11.6 Å². The maximum Gasteiger partial charge on any atom is 0.418 e. The first kappa shape index (κ1) is 22.4. The van der Waals surface area contributed by atoms with Gasteiger partial charge in [0.1, 0.15) is 0 Å². The van der Waals surface area contributed by atoms with E-state index in [-0.39, 0.29) is 11.3 Å². The SMILES string of the molecule is CC(=O)Nc1ccc(NC(=O)c2ccc(-n3nc(C)c(Cl)c3C)cc2)c(C(F)(F)F)c1. The molecule has 1 aromatic heterocycles. The van der Waals surface area contributed by atoms with E-state index in [0.29, 0.717) is 16.4 Å². The zero-order chi connectivity index (χ0) is 22.9. The van der Waals surface area contributed by atoms with Gasteiger partial charge in [-0.2, -0.15) is 18.3 Å². The summed E-state index contributed by atoms with van der Waals surface area (Å²) in [4.78, 5) is 23.7.